The van der Waals surface area contributed by atoms with Gasteiger partial charge in [0.05, 0.1) is 0 Å². The van der Waals surface area contributed by atoms with Gasteiger partial charge in [0.25, 0.3) is 0 Å². The summed E-state index contributed by atoms with van der Waals surface area (Å²) in [4.78, 5) is 4.51. The second-order valence-electron chi connectivity index (χ2n) is 6.02. The van der Waals surface area contributed by atoms with Crippen LogP contribution in [0.2, 0.25) is 0 Å². The molecular formula is C20H17N3. The number of benzene rings is 2. The van der Waals surface area contributed by atoms with Gasteiger partial charge in [-0.3, -0.25) is 0 Å². The van der Waals surface area contributed by atoms with Crippen molar-refractivity contribution < 1.29 is 0 Å². The average Bonchev–Trinajstić information content (AvgIpc) is 2.60. The van der Waals surface area contributed by atoms with E-state index in [1.807, 2.05) is 18.2 Å². The summed E-state index contributed by atoms with van der Waals surface area (Å²) < 4.78 is 0. The third-order valence-electron chi connectivity index (χ3n) is 4.67. The summed E-state index contributed by atoms with van der Waals surface area (Å²) in [5.74, 6) is 0.357. The van der Waals surface area contributed by atoms with Crippen LogP contribution in [0, 0.1) is 11.3 Å². The molecule has 3 aromatic rings. The summed E-state index contributed by atoms with van der Waals surface area (Å²) in [6.45, 7) is 0. The molecule has 1 aromatic heterocycles. The molecule has 0 atom stereocenters. The molecule has 0 saturated heterocycles. The molecule has 1 aliphatic rings. The van der Waals surface area contributed by atoms with Gasteiger partial charge in [0.2, 0.25) is 0 Å². The number of hydrogen-bond acceptors (Lipinski definition) is 3. The van der Waals surface area contributed by atoms with E-state index in [2.05, 4.69) is 35.3 Å². The SMILES string of the molecule is N#Cc1c(N)nc2c(c1-c1cccc3ccccc13)CCCC2. The first-order valence-corrected chi connectivity index (χ1v) is 7.99. The number of anilines is 1. The highest BCUT2D eigenvalue weighted by Crippen LogP contribution is 2.38. The number of hydrogen-bond donors (Lipinski definition) is 1. The highest BCUT2D eigenvalue weighted by atomic mass is 14.9. The molecule has 0 fully saturated rings. The lowest BCUT2D eigenvalue weighted by Crippen LogP contribution is -2.11. The minimum Gasteiger partial charge on any atom is -0.383 e. The van der Waals surface area contributed by atoms with E-state index in [9.17, 15) is 5.26 Å². The zero-order valence-corrected chi connectivity index (χ0v) is 12.8. The second kappa shape index (κ2) is 5.40. The molecule has 0 amide bonds. The van der Waals surface area contributed by atoms with Crippen molar-refractivity contribution in [2.24, 2.45) is 0 Å². The highest BCUT2D eigenvalue weighted by molar-refractivity contribution is 5.99. The minimum atomic E-state index is 0.357. The van der Waals surface area contributed by atoms with Crippen LogP contribution in [0.1, 0.15) is 29.7 Å². The normalized spacial score (nSPS) is 13.5. The molecule has 0 unspecified atom stereocenters. The number of aromatic nitrogens is 1. The molecule has 0 saturated carbocycles. The molecule has 0 aliphatic heterocycles. The molecule has 3 nitrogen and oxygen atoms in total. The fraction of sp³-hybridized carbons (Fsp3) is 0.200. The first kappa shape index (κ1) is 13.8. The Hall–Kier alpha value is -2.86. The Morgan fingerprint density at radius 2 is 1.78 bits per heavy atom. The quantitative estimate of drug-likeness (QED) is 0.731. The average molecular weight is 299 g/mol. The monoisotopic (exact) mass is 299 g/mol. The van der Waals surface area contributed by atoms with E-state index in [0.717, 1.165) is 47.9 Å². The van der Waals surface area contributed by atoms with Crippen molar-refractivity contribution in [1.82, 2.24) is 4.98 Å². The Labute approximate surface area is 135 Å². The first-order valence-electron chi connectivity index (χ1n) is 7.99. The van der Waals surface area contributed by atoms with E-state index < -0.39 is 0 Å². The molecule has 1 heterocycles. The van der Waals surface area contributed by atoms with E-state index in [4.69, 9.17) is 5.73 Å². The summed E-state index contributed by atoms with van der Waals surface area (Å²) >= 11 is 0. The summed E-state index contributed by atoms with van der Waals surface area (Å²) in [5, 5.41) is 12.0. The fourth-order valence-electron chi connectivity index (χ4n) is 3.62. The van der Waals surface area contributed by atoms with Crippen LogP contribution in [-0.2, 0) is 12.8 Å². The maximum Gasteiger partial charge on any atom is 0.142 e. The van der Waals surface area contributed by atoms with Gasteiger partial charge < -0.3 is 5.73 Å². The van der Waals surface area contributed by atoms with Crippen LogP contribution in [0.25, 0.3) is 21.9 Å². The van der Waals surface area contributed by atoms with Crippen LogP contribution in [-0.4, -0.2) is 4.98 Å². The Kier molecular flexibility index (Phi) is 3.24. The molecule has 112 valence electrons. The molecule has 2 N–H and O–H groups in total. The summed E-state index contributed by atoms with van der Waals surface area (Å²) in [6.07, 6.45) is 4.19. The molecule has 4 rings (SSSR count). The summed E-state index contributed by atoms with van der Waals surface area (Å²) in [6, 6.07) is 16.8. The van der Waals surface area contributed by atoms with Crippen molar-refractivity contribution in [2.75, 3.05) is 5.73 Å². The van der Waals surface area contributed by atoms with Gasteiger partial charge in [0.1, 0.15) is 17.5 Å². The smallest absolute Gasteiger partial charge is 0.142 e. The number of nitriles is 1. The summed E-state index contributed by atoms with van der Waals surface area (Å²) in [5.41, 5.74) is 11.0. The van der Waals surface area contributed by atoms with E-state index in [0.29, 0.717) is 11.4 Å². The van der Waals surface area contributed by atoms with Crippen LogP contribution >= 0.6 is 0 Å². The van der Waals surface area contributed by atoms with Crippen molar-refractivity contribution >= 4 is 16.6 Å². The summed E-state index contributed by atoms with van der Waals surface area (Å²) in [7, 11) is 0. The fourth-order valence-corrected chi connectivity index (χ4v) is 3.62. The van der Waals surface area contributed by atoms with Gasteiger partial charge in [-0.05, 0) is 47.6 Å². The molecule has 2 aromatic carbocycles. The van der Waals surface area contributed by atoms with Crippen molar-refractivity contribution in [2.45, 2.75) is 25.7 Å². The van der Waals surface area contributed by atoms with E-state index in [1.54, 1.807) is 0 Å². The molecule has 0 radical (unpaired) electrons. The zero-order valence-electron chi connectivity index (χ0n) is 12.8. The van der Waals surface area contributed by atoms with Gasteiger partial charge in [-0.15, -0.1) is 0 Å². The van der Waals surface area contributed by atoms with Gasteiger partial charge in [-0.2, -0.15) is 5.26 Å². The molecule has 3 heteroatoms. The Morgan fingerprint density at radius 3 is 2.65 bits per heavy atom. The lowest BCUT2D eigenvalue weighted by atomic mass is 9.85. The number of nitrogens with zero attached hydrogens (tertiary/aromatic N) is 2. The molecule has 1 aliphatic carbocycles. The third kappa shape index (κ3) is 2.15. The van der Waals surface area contributed by atoms with Crippen LogP contribution in [0.15, 0.2) is 42.5 Å². The van der Waals surface area contributed by atoms with Crippen molar-refractivity contribution in [3.8, 4) is 17.2 Å². The number of rotatable bonds is 1. The topological polar surface area (TPSA) is 62.7 Å². The van der Waals surface area contributed by atoms with Gasteiger partial charge in [-0.25, -0.2) is 4.98 Å². The van der Waals surface area contributed by atoms with E-state index >= 15 is 0 Å². The van der Waals surface area contributed by atoms with Gasteiger partial charge >= 0.3 is 0 Å². The van der Waals surface area contributed by atoms with Gasteiger partial charge in [-0.1, -0.05) is 42.5 Å². The molecule has 0 bridgehead atoms. The Balaban J connectivity index is 2.12. The van der Waals surface area contributed by atoms with Crippen molar-refractivity contribution in [1.29, 1.82) is 5.26 Å². The van der Waals surface area contributed by atoms with Gasteiger partial charge in [0.15, 0.2) is 0 Å². The predicted octanol–water partition coefficient (Wildman–Crippen LogP) is 4.23. The zero-order chi connectivity index (χ0) is 15.8. The lowest BCUT2D eigenvalue weighted by molar-refractivity contribution is 0.670. The lowest BCUT2D eigenvalue weighted by Gasteiger charge is -2.21. The number of pyridine rings is 1. The van der Waals surface area contributed by atoms with Crippen LogP contribution in [0.5, 0.6) is 0 Å². The Bertz CT molecular complexity index is 946. The van der Waals surface area contributed by atoms with E-state index in [-0.39, 0.29) is 0 Å². The third-order valence-corrected chi connectivity index (χ3v) is 4.67. The first-order chi connectivity index (χ1) is 11.3. The molecular weight excluding hydrogens is 282 g/mol. The second-order valence-corrected chi connectivity index (χ2v) is 6.02. The highest BCUT2D eigenvalue weighted by Gasteiger charge is 2.22. The number of nitrogen functional groups attached to an aromatic ring is 1. The maximum atomic E-state index is 9.66. The van der Waals surface area contributed by atoms with Crippen LogP contribution in [0.4, 0.5) is 5.82 Å². The number of nitrogens with two attached hydrogens (primary N) is 1. The predicted molar refractivity (Wildman–Crippen MR) is 92.9 cm³/mol. The maximum absolute atomic E-state index is 9.66. The molecule has 0 spiro atoms. The molecule has 23 heavy (non-hydrogen) atoms. The standard InChI is InChI=1S/C20H17N3/c21-12-17-19(16-9-3-4-11-18(16)23-20(17)22)15-10-5-7-13-6-1-2-8-14(13)15/h1-2,5-8,10H,3-4,9,11H2,(H2,22,23). The van der Waals surface area contributed by atoms with Gasteiger partial charge in [0, 0.05) is 11.3 Å². The van der Waals surface area contributed by atoms with Crippen LogP contribution in [0.3, 0.4) is 0 Å². The van der Waals surface area contributed by atoms with E-state index in [1.165, 1.54) is 10.9 Å². The minimum absolute atomic E-state index is 0.357. The number of fused-ring (bicyclic) bond motifs is 2. The van der Waals surface area contributed by atoms with Crippen LogP contribution < -0.4 is 5.73 Å². The largest absolute Gasteiger partial charge is 0.383 e. The Morgan fingerprint density at radius 1 is 1.00 bits per heavy atom. The number of aryl methyl sites for hydroxylation is 1. The van der Waals surface area contributed by atoms with Crippen molar-refractivity contribution in [3.05, 3.63) is 59.3 Å². The van der Waals surface area contributed by atoms with Crippen molar-refractivity contribution in [3.63, 3.8) is 0 Å².